The summed E-state index contributed by atoms with van der Waals surface area (Å²) in [5.74, 6) is 0. The van der Waals surface area contributed by atoms with Gasteiger partial charge in [0.2, 0.25) is 0 Å². The second-order valence-corrected chi connectivity index (χ2v) is 5.74. The van der Waals surface area contributed by atoms with Crippen molar-refractivity contribution in [2.45, 2.75) is 64.1 Å². The van der Waals surface area contributed by atoms with Gasteiger partial charge in [-0.25, -0.2) is 0 Å². The summed E-state index contributed by atoms with van der Waals surface area (Å²) in [4.78, 5) is 2.71. The molecule has 0 aromatic heterocycles. The second-order valence-electron chi connectivity index (χ2n) is 5.74. The molecule has 0 amide bonds. The molecule has 3 nitrogen and oxygen atoms in total. The third-order valence-corrected chi connectivity index (χ3v) is 4.84. The maximum atomic E-state index is 5.57. The van der Waals surface area contributed by atoms with E-state index in [0.717, 1.165) is 19.8 Å². The average molecular weight is 240 g/mol. The molecular weight excluding hydrogens is 212 g/mol. The number of rotatable bonds is 3. The standard InChI is InChI=1S/C14H28N2O/c1-4-14(5-2)11-16(12(3)6-8-15-14)13-7-9-17-10-13/h12-13,15H,4-11H2,1-3H3. The molecule has 0 aromatic carbocycles. The van der Waals surface area contributed by atoms with Gasteiger partial charge in [0.05, 0.1) is 6.61 Å². The molecule has 0 saturated carbocycles. The van der Waals surface area contributed by atoms with Gasteiger partial charge in [-0.15, -0.1) is 0 Å². The Morgan fingerprint density at radius 2 is 2.06 bits per heavy atom. The first kappa shape index (κ1) is 13.3. The van der Waals surface area contributed by atoms with E-state index < -0.39 is 0 Å². The van der Waals surface area contributed by atoms with E-state index in [9.17, 15) is 0 Å². The Morgan fingerprint density at radius 1 is 1.29 bits per heavy atom. The molecule has 100 valence electrons. The summed E-state index contributed by atoms with van der Waals surface area (Å²) in [7, 11) is 0. The minimum Gasteiger partial charge on any atom is -0.380 e. The van der Waals surface area contributed by atoms with Crippen LogP contribution in [0, 0.1) is 0 Å². The van der Waals surface area contributed by atoms with Crippen molar-refractivity contribution >= 4 is 0 Å². The number of nitrogens with zero attached hydrogens (tertiary/aromatic N) is 1. The van der Waals surface area contributed by atoms with E-state index in [1.165, 1.54) is 32.2 Å². The fraction of sp³-hybridized carbons (Fsp3) is 1.00. The predicted octanol–water partition coefficient (Wildman–Crippen LogP) is 2.02. The molecule has 3 heteroatoms. The number of hydrogen-bond donors (Lipinski definition) is 1. The summed E-state index contributed by atoms with van der Waals surface area (Å²) in [5.41, 5.74) is 0.327. The predicted molar refractivity (Wildman–Crippen MR) is 71.3 cm³/mol. The van der Waals surface area contributed by atoms with E-state index in [-0.39, 0.29) is 0 Å². The highest BCUT2D eigenvalue weighted by atomic mass is 16.5. The first-order valence-corrected chi connectivity index (χ1v) is 7.29. The summed E-state index contributed by atoms with van der Waals surface area (Å²) >= 11 is 0. The largest absolute Gasteiger partial charge is 0.380 e. The molecule has 0 spiro atoms. The first-order valence-electron chi connectivity index (χ1n) is 7.29. The molecule has 1 N–H and O–H groups in total. The third kappa shape index (κ3) is 2.83. The number of hydrogen-bond acceptors (Lipinski definition) is 3. The van der Waals surface area contributed by atoms with Crippen molar-refractivity contribution in [2.24, 2.45) is 0 Å². The van der Waals surface area contributed by atoms with Crippen molar-refractivity contribution in [3.05, 3.63) is 0 Å². The molecular formula is C14H28N2O. The fourth-order valence-electron chi connectivity index (χ4n) is 3.27. The molecule has 0 radical (unpaired) electrons. The van der Waals surface area contributed by atoms with Crippen LogP contribution in [0.25, 0.3) is 0 Å². The molecule has 0 bridgehead atoms. The molecule has 2 saturated heterocycles. The van der Waals surface area contributed by atoms with Gasteiger partial charge in [-0.05, 0) is 39.2 Å². The lowest BCUT2D eigenvalue weighted by Crippen LogP contribution is -2.54. The molecule has 2 unspecified atom stereocenters. The summed E-state index contributed by atoms with van der Waals surface area (Å²) in [5, 5.41) is 3.80. The van der Waals surface area contributed by atoms with E-state index in [1.807, 2.05) is 0 Å². The van der Waals surface area contributed by atoms with E-state index in [1.54, 1.807) is 0 Å². The average Bonchev–Trinajstić information content (AvgIpc) is 2.82. The monoisotopic (exact) mass is 240 g/mol. The smallest absolute Gasteiger partial charge is 0.0622 e. The lowest BCUT2D eigenvalue weighted by atomic mass is 9.91. The van der Waals surface area contributed by atoms with E-state index in [4.69, 9.17) is 4.74 Å². The van der Waals surface area contributed by atoms with E-state index in [0.29, 0.717) is 17.6 Å². The van der Waals surface area contributed by atoms with Gasteiger partial charge in [0, 0.05) is 30.8 Å². The van der Waals surface area contributed by atoms with Gasteiger partial charge in [0.1, 0.15) is 0 Å². The van der Waals surface area contributed by atoms with Crippen LogP contribution in [0.4, 0.5) is 0 Å². The Kier molecular flexibility index (Phi) is 4.45. The van der Waals surface area contributed by atoms with Crippen LogP contribution in [0.2, 0.25) is 0 Å². The van der Waals surface area contributed by atoms with Gasteiger partial charge in [-0.3, -0.25) is 4.90 Å². The molecule has 2 atom stereocenters. The molecule has 17 heavy (non-hydrogen) atoms. The van der Waals surface area contributed by atoms with E-state index >= 15 is 0 Å². The SMILES string of the molecule is CCC1(CC)CN(C2CCOC2)C(C)CCN1. The zero-order chi connectivity index (χ0) is 12.3. The maximum Gasteiger partial charge on any atom is 0.0622 e. The van der Waals surface area contributed by atoms with Crippen LogP contribution in [-0.2, 0) is 4.74 Å². The van der Waals surface area contributed by atoms with Crippen LogP contribution in [0.3, 0.4) is 0 Å². The van der Waals surface area contributed by atoms with Crippen LogP contribution in [0.15, 0.2) is 0 Å². The Bertz CT molecular complexity index is 234. The number of nitrogens with one attached hydrogen (secondary N) is 1. The Labute approximate surface area is 106 Å². The highest BCUT2D eigenvalue weighted by molar-refractivity contribution is 4.95. The summed E-state index contributed by atoms with van der Waals surface area (Å²) < 4.78 is 5.57. The topological polar surface area (TPSA) is 24.5 Å². The van der Waals surface area contributed by atoms with Crippen molar-refractivity contribution in [1.82, 2.24) is 10.2 Å². The molecule has 2 rings (SSSR count). The van der Waals surface area contributed by atoms with Crippen molar-refractivity contribution in [1.29, 1.82) is 0 Å². The summed E-state index contributed by atoms with van der Waals surface area (Å²) in [6.07, 6.45) is 4.92. The third-order valence-electron chi connectivity index (χ3n) is 4.84. The summed E-state index contributed by atoms with van der Waals surface area (Å²) in [6, 6.07) is 1.34. The lowest BCUT2D eigenvalue weighted by Gasteiger charge is -2.39. The molecule has 2 heterocycles. The van der Waals surface area contributed by atoms with Crippen LogP contribution in [0.5, 0.6) is 0 Å². The molecule has 2 aliphatic heterocycles. The van der Waals surface area contributed by atoms with Crippen molar-refractivity contribution in [3.63, 3.8) is 0 Å². The fourth-order valence-corrected chi connectivity index (χ4v) is 3.27. The van der Waals surface area contributed by atoms with E-state index in [2.05, 4.69) is 31.0 Å². The van der Waals surface area contributed by atoms with Gasteiger partial charge in [0.25, 0.3) is 0 Å². The summed E-state index contributed by atoms with van der Waals surface area (Å²) in [6.45, 7) is 11.2. The van der Waals surface area contributed by atoms with Crippen LogP contribution in [-0.4, -0.2) is 48.8 Å². The van der Waals surface area contributed by atoms with Gasteiger partial charge in [-0.1, -0.05) is 13.8 Å². The Morgan fingerprint density at radius 3 is 2.65 bits per heavy atom. The van der Waals surface area contributed by atoms with Crippen molar-refractivity contribution in [3.8, 4) is 0 Å². The van der Waals surface area contributed by atoms with Crippen LogP contribution < -0.4 is 5.32 Å². The second kappa shape index (κ2) is 5.68. The molecule has 2 aliphatic rings. The highest BCUT2D eigenvalue weighted by Gasteiger charge is 2.36. The zero-order valence-corrected chi connectivity index (χ0v) is 11.7. The van der Waals surface area contributed by atoms with Gasteiger partial charge < -0.3 is 10.1 Å². The minimum atomic E-state index is 0.327. The van der Waals surface area contributed by atoms with Gasteiger partial charge in [-0.2, -0.15) is 0 Å². The lowest BCUT2D eigenvalue weighted by molar-refractivity contribution is 0.0921. The van der Waals surface area contributed by atoms with Crippen LogP contribution >= 0.6 is 0 Å². The Balaban J connectivity index is 2.10. The maximum absolute atomic E-state index is 5.57. The van der Waals surface area contributed by atoms with Crippen LogP contribution in [0.1, 0.15) is 46.5 Å². The van der Waals surface area contributed by atoms with Crippen molar-refractivity contribution < 1.29 is 4.74 Å². The van der Waals surface area contributed by atoms with Gasteiger partial charge in [0.15, 0.2) is 0 Å². The molecule has 0 aliphatic carbocycles. The highest BCUT2D eigenvalue weighted by Crippen LogP contribution is 2.26. The Hall–Kier alpha value is -0.120. The first-order chi connectivity index (χ1) is 8.21. The molecule has 0 aromatic rings. The normalized spacial score (nSPS) is 34.8. The van der Waals surface area contributed by atoms with Crippen molar-refractivity contribution in [2.75, 3.05) is 26.3 Å². The van der Waals surface area contributed by atoms with Gasteiger partial charge >= 0.3 is 0 Å². The number of ether oxygens (including phenoxy) is 1. The quantitative estimate of drug-likeness (QED) is 0.817. The zero-order valence-electron chi connectivity index (χ0n) is 11.7. The minimum absolute atomic E-state index is 0.327. The molecule has 2 fully saturated rings.